The lowest BCUT2D eigenvalue weighted by Crippen LogP contribution is -2.46. The van der Waals surface area contributed by atoms with Crippen LogP contribution in [0, 0.1) is 5.82 Å². The van der Waals surface area contributed by atoms with Crippen molar-refractivity contribution in [2.24, 2.45) is 0 Å². The molecule has 0 unspecified atom stereocenters. The molecule has 1 aromatic carbocycles. The van der Waals surface area contributed by atoms with Crippen molar-refractivity contribution < 1.29 is 13.9 Å². The molecule has 0 bridgehead atoms. The molecular weight excluding hydrogens is 209 g/mol. The van der Waals surface area contributed by atoms with Gasteiger partial charge in [0.2, 0.25) is 6.41 Å². The van der Waals surface area contributed by atoms with E-state index < -0.39 is 5.54 Å². The van der Waals surface area contributed by atoms with Crippen molar-refractivity contribution in [1.29, 1.82) is 0 Å². The summed E-state index contributed by atoms with van der Waals surface area (Å²) in [6.45, 7) is 1.16. The third-order valence-electron chi connectivity index (χ3n) is 3.06. The van der Waals surface area contributed by atoms with Gasteiger partial charge in [0.15, 0.2) is 0 Å². The summed E-state index contributed by atoms with van der Waals surface area (Å²) in [6, 6.07) is 6.37. The molecule has 1 aliphatic heterocycles. The second-order valence-corrected chi connectivity index (χ2v) is 3.97. The molecule has 0 atom stereocenters. The zero-order valence-corrected chi connectivity index (χ0v) is 8.91. The van der Waals surface area contributed by atoms with Crippen molar-refractivity contribution >= 4 is 6.41 Å². The number of nitrogens with one attached hydrogen (secondary N) is 1. The highest BCUT2D eigenvalue weighted by atomic mass is 19.1. The summed E-state index contributed by atoms with van der Waals surface area (Å²) in [4.78, 5) is 10.7. The molecule has 4 heteroatoms. The summed E-state index contributed by atoms with van der Waals surface area (Å²) < 4.78 is 18.5. The maximum atomic E-state index is 13.2. The molecule has 1 saturated heterocycles. The monoisotopic (exact) mass is 223 g/mol. The topological polar surface area (TPSA) is 38.3 Å². The molecule has 1 aliphatic rings. The molecule has 0 saturated carbocycles. The largest absolute Gasteiger partial charge is 0.381 e. The Kier molecular flexibility index (Phi) is 3.19. The Morgan fingerprint density at radius 1 is 1.38 bits per heavy atom. The van der Waals surface area contributed by atoms with Gasteiger partial charge in [-0.3, -0.25) is 4.79 Å². The zero-order valence-electron chi connectivity index (χ0n) is 8.91. The quantitative estimate of drug-likeness (QED) is 0.790. The summed E-state index contributed by atoms with van der Waals surface area (Å²) in [7, 11) is 0. The highest BCUT2D eigenvalue weighted by Crippen LogP contribution is 2.31. The van der Waals surface area contributed by atoms with Crippen LogP contribution < -0.4 is 5.32 Å². The normalized spacial score (nSPS) is 19.1. The molecule has 1 aromatic rings. The highest BCUT2D eigenvalue weighted by molar-refractivity contribution is 5.50. The molecule has 16 heavy (non-hydrogen) atoms. The fourth-order valence-corrected chi connectivity index (χ4v) is 2.14. The average molecular weight is 223 g/mol. The fourth-order valence-electron chi connectivity index (χ4n) is 2.14. The van der Waals surface area contributed by atoms with Crippen molar-refractivity contribution in [3.8, 4) is 0 Å². The lowest BCUT2D eigenvalue weighted by atomic mass is 9.83. The predicted molar refractivity (Wildman–Crippen MR) is 57.3 cm³/mol. The van der Waals surface area contributed by atoms with E-state index in [0.717, 1.165) is 5.56 Å². The second kappa shape index (κ2) is 4.61. The summed E-state index contributed by atoms with van der Waals surface area (Å²) in [5, 5.41) is 2.81. The van der Waals surface area contributed by atoms with Gasteiger partial charge in [-0.05, 0) is 30.5 Å². The summed E-state index contributed by atoms with van der Waals surface area (Å²) >= 11 is 0. The number of halogens is 1. The number of benzene rings is 1. The van der Waals surface area contributed by atoms with Crippen molar-refractivity contribution in [3.63, 3.8) is 0 Å². The van der Waals surface area contributed by atoms with Gasteiger partial charge >= 0.3 is 0 Å². The third-order valence-corrected chi connectivity index (χ3v) is 3.06. The molecule has 1 amide bonds. The molecule has 1 heterocycles. The average Bonchev–Trinajstić information content (AvgIpc) is 2.31. The summed E-state index contributed by atoms with van der Waals surface area (Å²) in [5.74, 6) is -0.281. The summed E-state index contributed by atoms with van der Waals surface area (Å²) in [6.07, 6.45) is 2.03. The Hall–Kier alpha value is -1.42. The number of rotatable bonds is 3. The standard InChI is InChI=1S/C12H14FNO2/c13-11-3-1-2-10(8-11)12(14-9-15)4-6-16-7-5-12/h1-3,8-9H,4-7H2,(H,14,15). The van der Waals surface area contributed by atoms with E-state index >= 15 is 0 Å². The Morgan fingerprint density at radius 2 is 2.12 bits per heavy atom. The number of amides is 1. The highest BCUT2D eigenvalue weighted by Gasteiger charge is 2.34. The smallest absolute Gasteiger partial charge is 0.207 e. The minimum atomic E-state index is -0.470. The van der Waals surface area contributed by atoms with Gasteiger partial charge in [-0.2, -0.15) is 0 Å². The van der Waals surface area contributed by atoms with E-state index in [1.165, 1.54) is 12.1 Å². The van der Waals surface area contributed by atoms with E-state index in [1.807, 2.05) is 6.07 Å². The van der Waals surface area contributed by atoms with E-state index in [2.05, 4.69) is 5.32 Å². The van der Waals surface area contributed by atoms with Gasteiger partial charge in [0, 0.05) is 13.2 Å². The number of hydrogen-bond donors (Lipinski definition) is 1. The lowest BCUT2D eigenvalue weighted by Gasteiger charge is -2.37. The van der Waals surface area contributed by atoms with Gasteiger partial charge in [-0.1, -0.05) is 12.1 Å². The van der Waals surface area contributed by atoms with Crippen LogP contribution in [-0.4, -0.2) is 19.6 Å². The van der Waals surface area contributed by atoms with Gasteiger partial charge in [-0.25, -0.2) is 4.39 Å². The number of carbonyl (C=O) groups excluding carboxylic acids is 1. The minimum Gasteiger partial charge on any atom is -0.381 e. The van der Waals surface area contributed by atoms with Crippen LogP contribution >= 0.6 is 0 Å². The van der Waals surface area contributed by atoms with E-state index in [-0.39, 0.29) is 5.82 Å². The van der Waals surface area contributed by atoms with E-state index in [0.29, 0.717) is 32.5 Å². The molecule has 1 N–H and O–H groups in total. The SMILES string of the molecule is O=CNC1(c2cccc(F)c2)CCOCC1. The second-order valence-electron chi connectivity index (χ2n) is 3.97. The van der Waals surface area contributed by atoms with E-state index in [1.54, 1.807) is 6.07 Å². The Balaban J connectivity index is 2.34. The first-order chi connectivity index (χ1) is 7.77. The van der Waals surface area contributed by atoms with Crippen LogP contribution in [0.2, 0.25) is 0 Å². The molecular formula is C12H14FNO2. The first-order valence-electron chi connectivity index (χ1n) is 5.32. The molecule has 0 spiro atoms. The van der Waals surface area contributed by atoms with Crippen molar-refractivity contribution in [2.45, 2.75) is 18.4 Å². The number of hydrogen-bond acceptors (Lipinski definition) is 2. The predicted octanol–water partition coefficient (Wildman–Crippen LogP) is 1.58. The van der Waals surface area contributed by atoms with Crippen LogP contribution in [0.5, 0.6) is 0 Å². The van der Waals surface area contributed by atoms with Crippen LogP contribution in [0.1, 0.15) is 18.4 Å². The molecule has 0 aliphatic carbocycles. The van der Waals surface area contributed by atoms with Crippen molar-refractivity contribution in [2.75, 3.05) is 13.2 Å². The Bertz CT molecular complexity index is 375. The maximum absolute atomic E-state index is 13.2. The molecule has 2 rings (SSSR count). The molecule has 0 aromatic heterocycles. The molecule has 86 valence electrons. The van der Waals surface area contributed by atoms with E-state index in [9.17, 15) is 9.18 Å². The maximum Gasteiger partial charge on any atom is 0.207 e. The fraction of sp³-hybridized carbons (Fsp3) is 0.417. The first-order valence-corrected chi connectivity index (χ1v) is 5.32. The van der Waals surface area contributed by atoms with Gasteiger partial charge in [-0.15, -0.1) is 0 Å². The van der Waals surface area contributed by atoms with Gasteiger partial charge in [0.1, 0.15) is 5.82 Å². The van der Waals surface area contributed by atoms with Crippen LogP contribution in [-0.2, 0) is 15.1 Å². The van der Waals surface area contributed by atoms with Crippen LogP contribution in [0.25, 0.3) is 0 Å². The van der Waals surface area contributed by atoms with E-state index in [4.69, 9.17) is 4.74 Å². The van der Waals surface area contributed by atoms with Crippen LogP contribution in [0.15, 0.2) is 24.3 Å². The van der Waals surface area contributed by atoms with Gasteiger partial charge in [0.25, 0.3) is 0 Å². The van der Waals surface area contributed by atoms with Crippen LogP contribution in [0.4, 0.5) is 4.39 Å². The first kappa shape index (κ1) is 11.1. The lowest BCUT2D eigenvalue weighted by molar-refractivity contribution is -0.112. The van der Waals surface area contributed by atoms with Gasteiger partial charge < -0.3 is 10.1 Å². The van der Waals surface area contributed by atoms with Gasteiger partial charge in [0.05, 0.1) is 5.54 Å². The molecule has 1 fully saturated rings. The van der Waals surface area contributed by atoms with Crippen molar-refractivity contribution in [1.82, 2.24) is 5.32 Å². The molecule has 0 radical (unpaired) electrons. The minimum absolute atomic E-state index is 0.281. The number of ether oxygens (including phenoxy) is 1. The van der Waals surface area contributed by atoms with Crippen LogP contribution in [0.3, 0.4) is 0 Å². The third kappa shape index (κ3) is 2.07. The zero-order chi connectivity index (χ0) is 11.4. The Morgan fingerprint density at radius 3 is 2.75 bits per heavy atom. The number of carbonyl (C=O) groups is 1. The van der Waals surface area contributed by atoms with Crippen molar-refractivity contribution in [3.05, 3.63) is 35.6 Å². The summed E-state index contributed by atoms with van der Waals surface area (Å²) in [5.41, 5.74) is 0.338. The molecule has 3 nitrogen and oxygen atoms in total. The Labute approximate surface area is 93.6 Å².